The summed E-state index contributed by atoms with van der Waals surface area (Å²) in [5.41, 5.74) is 7.62. The summed E-state index contributed by atoms with van der Waals surface area (Å²) in [5, 5.41) is 1.76. The van der Waals surface area contributed by atoms with Crippen LogP contribution in [0.15, 0.2) is 87.4 Å². The maximum absolute atomic E-state index is 12.6. The fourth-order valence-corrected chi connectivity index (χ4v) is 7.14. The Hall–Kier alpha value is -2.22. The Morgan fingerprint density at radius 1 is 1.13 bits per heavy atom. The number of benzene rings is 1. The first kappa shape index (κ1) is 19.7. The van der Waals surface area contributed by atoms with E-state index in [9.17, 15) is 9.00 Å². The van der Waals surface area contributed by atoms with E-state index in [4.69, 9.17) is 0 Å². The van der Waals surface area contributed by atoms with Gasteiger partial charge in [-0.2, -0.15) is 0 Å². The summed E-state index contributed by atoms with van der Waals surface area (Å²) in [6, 6.07) is 9.61. The predicted molar refractivity (Wildman–Crippen MR) is 121 cm³/mol. The minimum atomic E-state index is -1.15. The van der Waals surface area contributed by atoms with Gasteiger partial charge >= 0.3 is 0 Å². The molecule has 0 radical (unpaired) electrons. The molecule has 0 saturated heterocycles. The van der Waals surface area contributed by atoms with E-state index in [1.165, 1.54) is 23.1 Å². The molecule has 154 valence electrons. The Bertz CT molecular complexity index is 1080. The van der Waals surface area contributed by atoms with Gasteiger partial charge in [-0.25, -0.2) is 4.21 Å². The van der Waals surface area contributed by atoms with Gasteiger partial charge in [-0.15, -0.1) is 5.73 Å². The molecule has 30 heavy (non-hydrogen) atoms. The smallest absolute Gasteiger partial charge is 0.178 e. The number of hydrogen-bond donors (Lipinski definition) is 0. The van der Waals surface area contributed by atoms with E-state index in [2.05, 4.69) is 31.7 Å². The van der Waals surface area contributed by atoms with Crippen molar-refractivity contribution in [3.63, 3.8) is 0 Å². The van der Waals surface area contributed by atoms with Gasteiger partial charge in [-0.05, 0) is 80.7 Å². The highest BCUT2D eigenvalue weighted by molar-refractivity contribution is 7.88. The summed E-state index contributed by atoms with van der Waals surface area (Å²) in [5.74, 6) is 1.29. The fourth-order valence-electron chi connectivity index (χ4n) is 6.33. The van der Waals surface area contributed by atoms with Crippen molar-refractivity contribution < 1.29 is 9.00 Å². The van der Waals surface area contributed by atoms with Gasteiger partial charge in [0.25, 0.3) is 0 Å². The minimum absolute atomic E-state index is 0.0880. The number of carbonyl (C=O) groups excluding carboxylic acids is 1. The standard InChI is InChI=1S/C27H28O2S/c1-26-16-13-25-23(10-8-20-18-21(28)12-15-27(20,25)2)24(26)11-9-19(26)14-17-30(29)22-6-4-3-5-7-22/h3-7,12-13,15,17-18,23-24H,8-11,16H2,1-2H3/t14?,23-,24-,26+,27-,30?/m0/s1. The molecule has 0 bridgehead atoms. The summed E-state index contributed by atoms with van der Waals surface area (Å²) in [4.78, 5) is 12.7. The first-order valence-electron chi connectivity index (χ1n) is 11.0. The van der Waals surface area contributed by atoms with E-state index in [1.54, 1.807) is 11.5 Å². The molecule has 4 aliphatic carbocycles. The van der Waals surface area contributed by atoms with Gasteiger partial charge in [0.2, 0.25) is 0 Å². The Balaban J connectivity index is 1.48. The van der Waals surface area contributed by atoms with Gasteiger partial charge in [-0.3, -0.25) is 4.79 Å². The van der Waals surface area contributed by atoms with Crippen molar-refractivity contribution in [1.82, 2.24) is 0 Å². The molecule has 4 aliphatic rings. The van der Waals surface area contributed by atoms with E-state index >= 15 is 0 Å². The molecule has 5 atom stereocenters. The molecule has 0 aromatic heterocycles. The maximum Gasteiger partial charge on any atom is 0.178 e. The van der Waals surface area contributed by atoms with Gasteiger partial charge in [0.1, 0.15) is 0 Å². The van der Waals surface area contributed by atoms with Gasteiger partial charge in [0, 0.05) is 21.1 Å². The summed E-state index contributed by atoms with van der Waals surface area (Å²) >= 11 is 0. The molecule has 2 saturated carbocycles. The molecule has 0 N–H and O–H groups in total. The average molecular weight is 417 g/mol. The van der Waals surface area contributed by atoms with E-state index in [0.717, 1.165) is 30.6 Å². The highest BCUT2D eigenvalue weighted by atomic mass is 32.2. The van der Waals surface area contributed by atoms with Crippen molar-refractivity contribution in [3.05, 3.63) is 82.5 Å². The van der Waals surface area contributed by atoms with Crippen molar-refractivity contribution in [2.75, 3.05) is 0 Å². The third-order valence-corrected chi connectivity index (χ3v) is 9.12. The molecule has 1 aromatic carbocycles. The molecular formula is C27H28O2S. The number of ketones is 1. The van der Waals surface area contributed by atoms with Crippen LogP contribution in [0.4, 0.5) is 0 Å². The van der Waals surface area contributed by atoms with Crippen LogP contribution in [0, 0.1) is 22.7 Å². The normalized spacial score (nSPS) is 35.4. The lowest BCUT2D eigenvalue weighted by atomic mass is 9.53. The van der Waals surface area contributed by atoms with E-state index in [1.807, 2.05) is 36.4 Å². The van der Waals surface area contributed by atoms with Crippen LogP contribution in [0.3, 0.4) is 0 Å². The van der Waals surface area contributed by atoms with Crippen molar-refractivity contribution in [3.8, 4) is 0 Å². The van der Waals surface area contributed by atoms with Crippen LogP contribution in [-0.4, -0.2) is 9.99 Å². The summed E-state index contributed by atoms with van der Waals surface area (Å²) in [7, 11) is -1.15. The molecule has 0 heterocycles. The maximum atomic E-state index is 12.6. The quantitative estimate of drug-likeness (QED) is 0.434. The van der Waals surface area contributed by atoms with E-state index < -0.39 is 10.8 Å². The Kier molecular flexibility index (Phi) is 4.72. The Morgan fingerprint density at radius 2 is 1.93 bits per heavy atom. The molecule has 0 aliphatic heterocycles. The molecule has 3 heteroatoms. The molecule has 2 fully saturated rings. The largest absolute Gasteiger partial charge is 0.290 e. The second-order valence-corrected chi connectivity index (χ2v) is 10.8. The van der Waals surface area contributed by atoms with Crippen molar-refractivity contribution >= 4 is 16.6 Å². The van der Waals surface area contributed by atoms with Crippen molar-refractivity contribution in [2.24, 2.45) is 22.7 Å². The van der Waals surface area contributed by atoms with Crippen molar-refractivity contribution in [1.29, 1.82) is 0 Å². The zero-order valence-electron chi connectivity index (χ0n) is 17.7. The van der Waals surface area contributed by atoms with E-state index in [0.29, 0.717) is 11.8 Å². The van der Waals surface area contributed by atoms with Crippen LogP contribution in [-0.2, 0) is 15.6 Å². The fraction of sp³-hybridized carbons (Fsp3) is 0.407. The highest BCUT2D eigenvalue weighted by Gasteiger charge is 2.53. The molecule has 5 rings (SSSR count). The summed E-state index contributed by atoms with van der Waals surface area (Å²) < 4.78 is 12.6. The first-order valence-corrected chi connectivity index (χ1v) is 12.2. The first-order chi connectivity index (χ1) is 14.4. The minimum Gasteiger partial charge on any atom is -0.290 e. The van der Waals surface area contributed by atoms with Crippen LogP contribution in [0.1, 0.15) is 46.0 Å². The van der Waals surface area contributed by atoms with Crippen LogP contribution in [0.25, 0.3) is 0 Å². The predicted octanol–water partition coefficient (Wildman–Crippen LogP) is 6.06. The van der Waals surface area contributed by atoms with E-state index in [-0.39, 0.29) is 16.6 Å². The Morgan fingerprint density at radius 3 is 2.73 bits per heavy atom. The lowest BCUT2D eigenvalue weighted by Crippen LogP contribution is -2.42. The number of allylic oxidation sites excluding steroid dienone is 7. The SMILES string of the molecule is C[C@]12C=CC(=O)C=C1CC[C@@H]1C2=CC[C@]2(C)C(=C=CS(=O)c3ccccc3)CC[C@@H]12. The number of hydrogen-bond acceptors (Lipinski definition) is 2. The van der Waals surface area contributed by atoms with Gasteiger partial charge in [0.15, 0.2) is 5.78 Å². The van der Waals surface area contributed by atoms with Gasteiger partial charge in [-0.1, -0.05) is 48.4 Å². The zero-order valence-corrected chi connectivity index (χ0v) is 18.5. The third-order valence-electron chi connectivity index (χ3n) is 8.05. The Labute approximate surface area is 181 Å². The number of fused-ring (bicyclic) bond motifs is 5. The highest BCUT2D eigenvalue weighted by Crippen LogP contribution is 2.63. The van der Waals surface area contributed by atoms with Crippen molar-refractivity contribution in [2.45, 2.75) is 50.8 Å². The van der Waals surface area contributed by atoms with Gasteiger partial charge in [0.05, 0.1) is 10.8 Å². The lowest BCUT2D eigenvalue weighted by Gasteiger charge is -2.51. The summed E-state index contributed by atoms with van der Waals surface area (Å²) in [6.45, 7) is 4.67. The second-order valence-electron chi connectivity index (χ2n) is 9.53. The lowest BCUT2D eigenvalue weighted by molar-refractivity contribution is -0.110. The number of rotatable bonds is 2. The summed E-state index contributed by atoms with van der Waals surface area (Å²) in [6.07, 6.45) is 13.6. The molecule has 0 amide bonds. The molecule has 1 unspecified atom stereocenters. The zero-order chi connectivity index (χ0) is 20.9. The monoisotopic (exact) mass is 416 g/mol. The second kappa shape index (κ2) is 7.18. The van der Waals surface area contributed by atoms with Crippen LogP contribution in [0.5, 0.6) is 0 Å². The molecule has 0 spiro atoms. The van der Waals surface area contributed by atoms with Crippen LogP contribution in [0.2, 0.25) is 0 Å². The molecule has 2 nitrogen and oxygen atoms in total. The van der Waals surface area contributed by atoms with Crippen LogP contribution >= 0.6 is 0 Å². The third kappa shape index (κ3) is 2.99. The molecule has 1 aromatic rings. The molecular weight excluding hydrogens is 388 g/mol. The number of carbonyl (C=O) groups is 1. The van der Waals surface area contributed by atoms with Gasteiger partial charge < -0.3 is 0 Å². The topological polar surface area (TPSA) is 34.1 Å². The van der Waals surface area contributed by atoms with Crippen LogP contribution < -0.4 is 0 Å². The average Bonchev–Trinajstić information content (AvgIpc) is 3.09.